The maximum absolute atomic E-state index is 13.6. The molecule has 4 nitrogen and oxygen atoms in total. The zero-order chi connectivity index (χ0) is 14.5. The van der Waals surface area contributed by atoms with Crippen LogP contribution < -0.4 is 4.74 Å². The van der Waals surface area contributed by atoms with E-state index in [0.29, 0.717) is 15.8 Å². The van der Waals surface area contributed by atoms with Crippen LogP contribution in [0.1, 0.15) is 5.56 Å². The Bertz CT molecular complexity index is 673. The van der Waals surface area contributed by atoms with Gasteiger partial charge in [-0.25, -0.2) is 9.18 Å². The highest BCUT2D eigenvalue weighted by atomic mass is 79.9. The summed E-state index contributed by atoms with van der Waals surface area (Å²) in [7, 11) is 0. The van der Waals surface area contributed by atoms with Crippen molar-refractivity contribution < 1.29 is 19.0 Å². The molecule has 0 radical (unpaired) electrons. The summed E-state index contributed by atoms with van der Waals surface area (Å²) in [5, 5.41) is 8.55. The number of carboxylic acids is 1. The molecule has 0 atom stereocenters. The van der Waals surface area contributed by atoms with Gasteiger partial charge in [0.2, 0.25) is 0 Å². The van der Waals surface area contributed by atoms with E-state index in [-0.39, 0.29) is 5.75 Å². The van der Waals surface area contributed by atoms with Gasteiger partial charge in [-0.15, -0.1) is 0 Å². The summed E-state index contributed by atoms with van der Waals surface area (Å²) >= 11 is 3.15. The Morgan fingerprint density at radius 2 is 2.15 bits per heavy atom. The van der Waals surface area contributed by atoms with Gasteiger partial charge in [0, 0.05) is 16.7 Å². The Hall–Kier alpha value is -2.21. The first-order valence-electron chi connectivity index (χ1n) is 5.53. The average molecular weight is 338 g/mol. The van der Waals surface area contributed by atoms with E-state index in [9.17, 15) is 9.18 Å². The van der Waals surface area contributed by atoms with Crippen LogP contribution in [0.4, 0.5) is 4.39 Å². The fraction of sp³-hybridized carbons (Fsp3) is 0. The van der Waals surface area contributed by atoms with Crippen molar-refractivity contribution in [1.29, 1.82) is 0 Å². The Balaban J connectivity index is 2.21. The molecule has 0 aliphatic rings. The number of nitrogens with zero attached hydrogens (tertiary/aromatic N) is 1. The fourth-order valence-corrected chi connectivity index (χ4v) is 1.77. The van der Waals surface area contributed by atoms with E-state index in [2.05, 4.69) is 20.9 Å². The molecule has 1 aromatic carbocycles. The van der Waals surface area contributed by atoms with Gasteiger partial charge in [-0.05, 0) is 35.9 Å². The van der Waals surface area contributed by atoms with Crippen LogP contribution in [0.15, 0.2) is 47.2 Å². The van der Waals surface area contributed by atoms with E-state index < -0.39 is 11.8 Å². The topological polar surface area (TPSA) is 59.4 Å². The SMILES string of the molecule is O=C(O)/C=C/c1cncc(Oc2ccc(Br)cc2F)c1. The number of aromatic nitrogens is 1. The summed E-state index contributed by atoms with van der Waals surface area (Å²) in [5.41, 5.74) is 0.544. The van der Waals surface area contributed by atoms with Gasteiger partial charge >= 0.3 is 5.97 Å². The molecule has 102 valence electrons. The van der Waals surface area contributed by atoms with Gasteiger partial charge in [-0.2, -0.15) is 0 Å². The molecule has 1 heterocycles. The molecule has 0 saturated heterocycles. The van der Waals surface area contributed by atoms with Crippen LogP contribution in [0.25, 0.3) is 6.08 Å². The Morgan fingerprint density at radius 3 is 2.85 bits per heavy atom. The van der Waals surface area contributed by atoms with Crippen LogP contribution >= 0.6 is 15.9 Å². The molecule has 2 rings (SSSR count). The standard InChI is InChI=1S/C14H9BrFNO3/c15-10-2-3-13(12(16)6-10)20-11-5-9(7-17-8-11)1-4-14(18)19/h1-8H,(H,18,19)/b4-1+. The minimum absolute atomic E-state index is 0.0642. The zero-order valence-electron chi connectivity index (χ0n) is 10.1. The minimum atomic E-state index is -1.06. The van der Waals surface area contributed by atoms with Gasteiger partial charge in [0.15, 0.2) is 11.6 Å². The molecule has 1 aromatic heterocycles. The first kappa shape index (κ1) is 14.2. The van der Waals surface area contributed by atoms with E-state index in [1.807, 2.05) is 0 Å². The number of ether oxygens (including phenoxy) is 1. The molecule has 6 heteroatoms. The van der Waals surface area contributed by atoms with Crippen molar-refractivity contribution in [2.24, 2.45) is 0 Å². The molecular formula is C14H9BrFNO3. The van der Waals surface area contributed by atoms with Crippen LogP contribution in [-0.2, 0) is 4.79 Å². The zero-order valence-corrected chi connectivity index (χ0v) is 11.7. The van der Waals surface area contributed by atoms with Gasteiger partial charge in [0.25, 0.3) is 0 Å². The quantitative estimate of drug-likeness (QED) is 0.860. The number of rotatable bonds is 4. The van der Waals surface area contributed by atoms with Gasteiger partial charge < -0.3 is 9.84 Å². The lowest BCUT2D eigenvalue weighted by Gasteiger charge is -2.07. The molecule has 0 amide bonds. The molecule has 0 spiro atoms. The van der Waals surface area contributed by atoms with Crippen molar-refractivity contribution in [1.82, 2.24) is 4.98 Å². The predicted molar refractivity (Wildman–Crippen MR) is 75.1 cm³/mol. The maximum Gasteiger partial charge on any atom is 0.328 e. The molecule has 2 aromatic rings. The number of benzene rings is 1. The monoisotopic (exact) mass is 337 g/mol. The summed E-state index contributed by atoms with van der Waals surface area (Å²) in [6.07, 6.45) is 5.25. The van der Waals surface area contributed by atoms with Crippen LogP contribution in [-0.4, -0.2) is 16.1 Å². The summed E-state index contributed by atoms with van der Waals surface area (Å²) in [6, 6.07) is 5.99. The van der Waals surface area contributed by atoms with Crippen molar-refractivity contribution in [3.05, 3.63) is 58.6 Å². The van der Waals surface area contributed by atoms with E-state index in [0.717, 1.165) is 6.08 Å². The Kier molecular flexibility index (Phi) is 4.47. The average Bonchev–Trinajstić information content (AvgIpc) is 2.40. The molecule has 0 bridgehead atoms. The second kappa shape index (κ2) is 6.29. The third-order valence-electron chi connectivity index (χ3n) is 2.27. The van der Waals surface area contributed by atoms with Crippen LogP contribution in [0.5, 0.6) is 11.5 Å². The van der Waals surface area contributed by atoms with Gasteiger partial charge in [0.05, 0.1) is 6.20 Å². The van der Waals surface area contributed by atoms with Gasteiger partial charge in [-0.3, -0.25) is 4.98 Å². The second-order valence-electron chi connectivity index (χ2n) is 3.80. The van der Waals surface area contributed by atoms with Gasteiger partial charge in [0.1, 0.15) is 5.75 Å². The lowest BCUT2D eigenvalue weighted by atomic mass is 10.2. The first-order chi connectivity index (χ1) is 9.54. The Labute approximate surface area is 122 Å². The molecular weight excluding hydrogens is 329 g/mol. The molecule has 0 aliphatic carbocycles. The van der Waals surface area contributed by atoms with Crippen LogP contribution in [0.2, 0.25) is 0 Å². The first-order valence-corrected chi connectivity index (χ1v) is 6.33. The highest BCUT2D eigenvalue weighted by Gasteiger charge is 2.06. The number of aliphatic carboxylic acids is 1. The van der Waals surface area contributed by atoms with Crippen LogP contribution in [0, 0.1) is 5.82 Å². The summed E-state index contributed by atoms with van der Waals surface area (Å²) < 4.78 is 19.6. The number of carbonyl (C=O) groups is 1. The number of halogens is 2. The molecule has 20 heavy (non-hydrogen) atoms. The molecule has 0 saturated carbocycles. The maximum atomic E-state index is 13.6. The number of carboxylic acid groups (broad SMARTS) is 1. The third-order valence-corrected chi connectivity index (χ3v) is 2.77. The minimum Gasteiger partial charge on any atom is -0.478 e. The molecule has 0 unspecified atom stereocenters. The largest absolute Gasteiger partial charge is 0.478 e. The van der Waals surface area contributed by atoms with Crippen molar-refractivity contribution in [2.75, 3.05) is 0 Å². The lowest BCUT2D eigenvalue weighted by molar-refractivity contribution is -0.131. The fourth-order valence-electron chi connectivity index (χ4n) is 1.44. The van der Waals surface area contributed by atoms with E-state index >= 15 is 0 Å². The van der Waals surface area contributed by atoms with Crippen molar-refractivity contribution >= 4 is 28.0 Å². The van der Waals surface area contributed by atoms with Crippen molar-refractivity contribution in [3.63, 3.8) is 0 Å². The predicted octanol–water partition coefficient (Wildman–Crippen LogP) is 3.87. The summed E-state index contributed by atoms with van der Waals surface area (Å²) in [5.74, 6) is -1.19. The molecule has 1 N–H and O–H groups in total. The highest BCUT2D eigenvalue weighted by Crippen LogP contribution is 2.26. The smallest absolute Gasteiger partial charge is 0.328 e. The summed E-state index contributed by atoms with van der Waals surface area (Å²) in [6.45, 7) is 0. The highest BCUT2D eigenvalue weighted by molar-refractivity contribution is 9.10. The number of hydrogen-bond acceptors (Lipinski definition) is 3. The van der Waals surface area contributed by atoms with E-state index in [1.54, 1.807) is 12.1 Å². The molecule has 0 fully saturated rings. The van der Waals surface area contributed by atoms with E-state index in [1.165, 1.54) is 30.6 Å². The van der Waals surface area contributed by atoms with E-state index in [4.69, 9.17) is 9.84 Å². The van der Waals surface area contributed by atoms with Crippen molar-refractivity contribution in [3.8, 4) is 11.5 Å². The molecule has 0 aliphatic heterocycles. The number of hydrogen-bond donors (Lipinski definition) is 1. The second-order valence-corrected chi connectivity index (χ2v) is 4.72. The van der Waals surface area contributed by atoms with Crippen LogP contribution in [0.3, 0.4) is 0 Å². The summed E-state index contributed by atoms with van der Waals surface area (Å²) in [4.78, 5) is 14.3. The lowest BCUT2D eigenvalue weighted by Crippen LogP contribution is -1.90. The number of pyridine rings is 1. The van der Waals surface area contributed by atoms with Crippen molar-refractivity contribution in [2.45, 2.75) is 0 Å². The Morgan fingerprint density at radius 1 is 1.35 bits per heavy atom. The van der Waals surface area contributed by atoms with Gasteiger partial charge in [-0.1, -0.05) is 15.9 Å². The normalized spacial score (nSPS) is 10.7. The third kappa shape index (κ3) is 3.89.